The van der Waals surface area contributed by atoms with Crippen LogP contribution in [-0.4, -0.2) is 229 Å². The minimum absolute atomic E-state index is 0.0913. The highest BCUT2D eigenvalue weighted by atomic mass is 35.5. The van der Waals surface area contributed by atoms with Gasteiger partial charge in [-0.05, 0) is 86.1 Å². The smallest absolute Gasteiger partial charge is 0.331 e. The number of cyclic esters (lactones) is 1. The number of nitrogens with two attached hydrogens (primary N) is 3. The third-order valence-corrected chi connectivity index (χ3v) is 15.1. The summed E-state index contributed by atoms with van der Waals surface area (Å²) in [5.74, 6) is -13.8. The van der Waals surface area contributed by atoms with Crippen molar-refractivity contribution in [3.05, 3.63) is 11.8 Å². The second-order valence-electron chi connectivity index (χ2n) is 22.9. The van der Waals surface area contributed by atoms with Gasteiger partial charge in [-0.1, -0.05) is 96.5 Å². The van der Waals surface area contributed by atoms with Crippen LogP contribution in [0.1, 0.15) is 156 Å². The molecule has 12 atom stereocenters. The summed E-state index contributed by atoms with van der Waals surface area (Å²) in [6.45, 7) is 3.42. The summed E-state index contributed by atoms with van der Waals surface area (Å²) in [5.41, 5.74) is 16.8. The van der Waals surface area contributed by atoms with Crippen molar-refractivity contribution in [3.63, 3.8) is 0 Å². The average Bonchev–Trinajstić information content (AvgIpc) is 1.18. The molecule has 0 aromatic carbocycles. The van der Waals surface area contributed by atoms with Gasteiger partial charge in [-0.2, -0.15) is 0 Å². The molecule has 0 aromatic heterocycles. The molecule has 1 aliphatic heterocycles. The number of aliphatic hydroxyl groups is 4. The molecule has 0 radical (unpaired) electrons. The summed E-state index contributed by atoms with van der Waals surface area (Å²) in [5, 5.41) is 66.7. The van der Waals surface area contributed by atoms with Crippen LogP contribution in [0.3, 0.4) is 0 Å². The van der Waals surface area contributed by atoms with Gasteiger partial charge in [-0.15, -0.1) is 11.6 Å². The summed E-state index contributed by atoms with van der Waals surface area (Å²) < 4.78 is 5.38. The van der Waals surface area contributed by atoms with Crippen molar-refractivity contribution in [1.29, 1.82) is 0 Å². The number of hydrogen-bond donors (Lipinski definition) is 17. The van der Waals surface area contributed by atoms with Gasteiger partial charge in [0.15, 0.2) is 12.3 Å². The summed E-state index contributed by atoms with van der Waals surface area (Å²) >= 11 is 5.93. The lowest BCUT2D eigenvalue weighted by Crippen LogP contribution is -2.62. The number of aliphatic hydroxyl groups excluding tert-OH is 4. The predicted molar refractivity (Wildman–Crippen MR) is 336 cm³/mol. The Morgan fingerprint density at radius 1 is 0.626 bits per heavy atom. The maximum atomic E-state index is 14.4. The van der Waals surface area contributed by atoms with E-state index in [2.05, 4.69) is 49.5 Å². The Balaban J connectivity index is 3.97. The second-order valence-corrected chi connectivity index (χ2v) is 23.2. The molecule has 0 spiro atoms. The third-order valence-electron chi connectivity index (χ3n) is 14.8. The maximum Gasteiger partial charge on any atom is 0.331 e. The lowest BCUT2D eigenvalue weighted by Gasteiger charge is -2.29. The second kappa shape index (κ2) is 47.4. The number of amides is 10. The highest BCUT2D eigenvalue weighted by Gasteiger charge is 2.39. The molecule has 32 heteroatoms. The Labute approximate surface area is 538 Å². The normalized spacial score (nSPS) is 23.5. The Kier molecular flexibility index (Phi) is 43.0. The number of halogens is 1. The number of carbonyl (C=O) groups excluding carboxylic acids is 12. The number of rotatable bonds is 35. The first-order valence-corrected chi connectivity index (χ1v) is 32.2. The standard InChI is InChI=1S/C59H105ClN14O17/c1-6-8-9-10-11-12-13-14-15-16-17-18-19-22-37(77)31-47(81)65-43-35-91-59(90)50(44(78)33-60)73-58(89)49(45(79)34-75)72-51(82)38(7-2)66-57(88)48(36(3)76)71-54(85)41(25-28-63)68-52(83)39(23-20-21-26-61)67-55(86)42(32-46(80)64-29-30-74(4)5)70-53(84)40(24-27-62)69-56(43)87/h7,34,36-37,39-45,48-50,76-79H,6,8-33,35,61-63H2,1-5H3,(H,64,80)(H,65,81)(H,66,88)(H,67,86)(H,68,83)(H,69,87)(H,70,84)(H,71,85)(H,72,82)(H,73,89)/b38-7-/t36-,37+,39+,40-,41+,42+,43+,44-,45-,48+,49+,50+/m1/s1. The molecule has 0 saturated carbocycles. The zero-order chi connectivity index (χ0) is 68.4. The summed E-state index contributed by atoms with van der Waals surface area (Å²) in [4.78, 5) is 168. The van der Waals surface area contributed by atoms with E-state index in [0.29, 0.717) is 19.4 Å². The topological polar surface area (TPSA) is 497 Å². The van der Waals surface area contributed by atoms with Gasteiger partial charge in [-0.25, -0.2) is 4.79 Å². The minimum atomic E-state index is -2.39. The fourth-order valence-corrected chi connectivity index (χ4v) is 9.57. The van der Waals surface area contributed by atoms with E-state index in [4.69, 9.17) is 33.5 Å². The largest absolute Gasteiger partial charge is 0.461 e. The van der Waals surface area contributed by atoms with Crippen LogP contribution < -0.4 is 70.4 Å². The van der Waals surface area contributed by atoms with Crippen LogP contribution in [0.5, 0.6) is 0 Å². The number of carbonyl (C=O) groups is 12. The molecule has 0 unspecified atom stereocenters. The van der Waals surface area contributed by atoms with E-state index in [1.807, 2.05) is 10.6 Å². The highest BCUT2D eigenvalue weighted by molar-refractivity contribution is 6.18. The first-order valence-electron chi connectivity index (χ1n) is 31.6. The maximum absolute atomic E-state index is 14.4. The van der Waals surface area contributed by atoms with E-state index in [1.165, 1.54) is 51.9 Å². The van der Waals surface area contributed by atoms with Gasteiger partial charge < -0.3 is 105 Å². The van der Waals surface area contributed by atoms with Gasteiger partial charge in [0.25, 0.3) is 5.91 Å². The van der Waals surface area contributed by atoms with Crippen molar-refractivity contribution in [1.82, 2.24) is 58.1 Å². The number of nitrogens with one attached hydrogen (secondary N) is 10. The van der Waals surface area contributed by atoms with Crippen LogP contribution >= 0.6 is 11.6 Å². The van der Waals surface area contributed by atoms with Gasteiger partial charge in [-0.3, -0.25) is 47.9 Å². The van der Waals surface area contributed by atoms with E-state index in [1.54, 1.807) is 19.0 Å². The number of nitrogens with zero attached hydrogens (tertiary/aromatic N) is 1. The average molecular weight is 1320 g/mol. The molecule has 31 nitrogen and oxygen atoms in total. The van der Waals surface area contributed by atoms with Crippen molar-refractivity contribution >= 4 is 82.9 Å². The molecule has 10 amide bonds. The Morgan fingerprint density at radius 2 is 1.13 bits per heavy atom. The number of allylic oxidation sites excluding steroid dienone is 1. The molecule has 1 heterocycles. The van der Waals surface area contributed by atoms with Gasteiger partial charge in [0, 0.05) is 13.1 Å². The summed E-state index contributed by atoms with van der Waals surface area (Å²) in [7, 11) is 3.48. The lowest BCUT2D eigenvalue weighted by atomic mass is 10.0. The predicted octanol–water partition coefficient (Wildman–Crippen LogP) is -3.89. The van der Waals surface area contributed by atoms with Crippen molar-refractivity contribution in [2.75, 3.05) is 59.3 Å². The highest BCUT2D eigenvalue weighted by Crippen LogP contribution is 2.15. The number of hydrogen-bond acceptors (Lipinski definition) is 21. The SMILES string of the molecule is C/C=C1\NC(=O)[C@H]([C@@H](C)O)NC(=O)[C@H](CCN)NC(=O)[C@H](CCCCN)NC(=O)[C@H](CC(=O)NCCN(C)C)NC(=O)[C@@H](CCN)NC(=O)[C@@H](NC(=O)C[C@@H](O)CCCCCCCCCCCCCCC)COC(=O)[C@H]([C@H](O)CCl)NC(=O)[C@H]([C@H](O)C=O)NC1=O. The van der Waals surface area contributed by atoms with E-state index in [0.717, 1.165) is 45.1 Å². The molecule has 1 saturated heterocycles. The van der Waals surface area contributed by atoms with Crippen LogP contribution in [0, 0.1) is 0 Å². The molecule has 0 aliphatic carbocycles. The molecule has 1 rings (SSSR count). The fraction of sp³-hybridized carbons (Fsp3) is 0.763. The van der Waals surface area contributed by atoms with Gasteiger partial charge in [0.2, 0.25) is 53.2 Å². The number of likely N-dealkylation sites (N-methyl/N-ethyl adjacent to an activating group) is 1. The van der Waals surface area contributed by atoms with Crippen molar-refractivity contribution in [3.8, 4) is 0 Å². The fourth-order valence-electron chi connectivity index (χ4n) is 9.39. The van der Waals surface area contributed by atoms with Crippen LogP contribution in [0.25, 0.3) is 0 Å². The Hall–Kier alpha value is -6.45. The molecular weight excluding hydrogens is 1210 g/mol. The first-order chi connectivity index (χ1) is 43.3. The molecule has 91 heavy (non-hydrogen) atoms. The minimum Gasteiger partial charge on any atom is -0.461 e. The third kappa shape index (κ3) is 33.6. The number of esters is 1. The van der Waals surface area contributed by atoms with E-state index < -0.39 is 169 Å². The quantitative estimate of drug-likeness (QED) is 0.00948. The monoisotopic (exact) mass is 1320 g/mol. The van der Waals surface area contributed by atoms with E-state index in [-0.39, 0.29) is 64.6 Å². The van der Waals surface area contributed by atoms with Crippen LogP contribution in [-0.2, 0) is 62.3 Å². The molecule has 1 fully saturated rings. The van der Waals surface area contributed by atoms with Crippen molar-refractivity contribution in [2.45, 2.75) is 228 Å². The molecule has 20 N–H and O–H groups in total. The summed E-state index contributed by atoms with van der Waals surface area (Å²) in [6.07, 6.45) is 6.15. The number of aldehydes is 1. The molecule has 520 valence electrons. The van der Waals surface area contributed by atoms with Crippen LogP contribution in [0.2, 0.25) is 0 Å². The Morgan fingerprint density at radius 3 is 1.64 bits per heavy atom. The van der Waals surface area contributed by atoms with E-state index in [9.17, 15) is 78.0 Å². The van der Waals surface area contributed by atoms with Gasteiger partial charge in [0.05, 0.1) is 37.0 Å². The summed E-state index contributed by atoms with van der Waals surface area (Å²) in [6, 6.07) is -15.0. The Bertz CT molecular complexity index is 2320. The van der Waals surface area contributed by atoms with Gasteiger partial charge >= 0.3 is 5.97 Å². The van der Waals surface area contributed by atoms with Crippen LogP contribution in [0.15, 0.2) is 11.8 Å². The van der Waals surface area contributed by atoms with E-state index >= 15 is 0 Å². The molecular formula is C59H105ClN14O17. The number of unbranched alkanes of at least 4 members (excludes halogenated alkanes) is 13. The lowest BCUT2D eigenvalue weighted by molar-refractivity contribution is -0.153. The van der Waals surface area contributed by atoms with Crippen molar-refractivity contribution in [2.24, 2.45) is 17.2 Å². The zero-order valence-corrected chi connectivity index (χ0v) is 54.3. The number of alkyl halides is 1. The van der Waals surface area contributed by atoms with Crippen LogP contribution in [0.4, 0.5) is 0 Å². The first kappa shape index (κ1) is 82.6. The molecule has 0 bridgehead atoms. The van der Waals surface area contributed by atoms with Gasteiger partial charge in [0.1, 0.15) is 60.7 Å². The zero-order valence-electron chi connectivity index (χ0n) is 53.5. The van der Waals surface area contributed by atoms with Crippen molar-refractivity contribution < 1.29 is 82.7 Å². The molecule has 0 aromatic rings. The number of ether oxygens (including phenoxy) is 1. The molecule has 1 aliphatic rings.